The number of rotatable bonds is 3. The molecule has 4 nitrogen and oxygen atoms in total. The third kappa shape index (κ3) is 3.88. The first-order chi connectivity index (χ1) is 7.30. The van der Waals surface area contributed by atoms with E-state index in [-0.39, 0.29) is 0 Å². The summed E-state index contributed by atoms with van der Waals surface area (Å²) in [5, 5.41) is 0. The van der Waals surface area contributed by atoms with Crippen molar-refractivity contribution in [3.63, 3.8) is 0 Å². The normalized spacial score (nSPS) is 11.2. The first-order valence-corrected chi connectivity index (χ1v) is 5.90. The second-order valence-electron chi connectivity index (χ2n) is 4.20. The van der Waals surface area contributed by atoms with E-state index in [9.17, 15) is 4.79 Å². The molecule has 0 aliphatic heterocycles. The lowest BCUT2D eigenvalue weighted by atomic mass is 9.97. The molecular weight excluding hydrogens is 319 g/mol. The molecule has 0 atom stereocenters. The molecule has 0 fully saturated rings. The van der Waals surface area contributed by atoms with Gasteiger partial charge in [-0.2, -0.15) is 0 Å². The lowest BCUT2D eigenvalue weighted by Crippen LogP contribution is -2.33. The van der Waals surface area contributed by atoms with Gasteiger partial charge in [-0.15, -0.1) is 0 Å². The summed E-state index contributed by atoms with van der Waals surface area (Å²) in [7, 11) is 0. The number of nitrogens with two attached hydrogens (primary N) is 2. The maximum absolute atomic E-state index is 10.7. The largest absolute Gasteiger partial charge is 0.443 e. The molecule has 0 bridgehead atoms. The van der Waals surface area contributed by atoms with Crippen molar-refractivity contribution in [1.82, 2.24) is 0 Å². The Bertz CT molecular complexity index is 405. The Morgan fingerprint density at radius 2 is 2.12 bits per heavy atom. The Morgan fingerprint density at radius 1 is 1.50 bits per heavy atom. The third-order valence-electron chi connectivity index (χ3n) is 2.10. The fraction of sp³-hybridized carbons (Fsp3) is 0.364. The van der Waals surface area contributed by atoms with E-state index in [0.717, 1.165) is 9.13 Å². The Labute approximate surface area is 108 Å². The van der Waals surface area contributed by atoms with Crippen LogP contribution in [-0.4, -0.2) is 11.7 Å². The molecule has 0 saturated carbocycles. The van der Waals surface area contributed by atoms with E-state index in [1.807, 2.05) is 18.2 Å². The van der Waals surface area contributed by atoms with E-state index in [1.54, 1.807) is 13.8 Å². The number of carbonyl (C=O) groups is 1. The number of amides is 1. The van der Waals surface area contributed by atoms with Gasteiger partial charge in [0, 0.05) is 15.7 Å². The molecule has 1 rings (SSSR count). The lowest BCUT2D eigenvalue weighted by molar-refractivity contribution is 0.0461. The van der Waals surface area contributed by atoms with E-state index in [1.165, 1.54) is 0 Å². The van der Waals surface area contributed by atoms with Gasteiger partial charge in [-0.3, -0.25) is 0 Å². The highest BCUT2D eigenvalue weighted by Crippen LogP contribution is 2.23. The van der Waals surface area contributed by atoms with Crippen LogP contribution in [0.3, 0.4) is 0 Å². The van der Waals surface area contributed by atoms with E-state index < -0.39 is 11.7 Å². The molecule has 1 aromatic rings. The van der Waals surface area contributed by atoms with Crippen LogP contribution in [-0.2, 0) is 11.2 Å². The van der Waals surface area contributed by atoms with Crippen LogP contribution in [0.2, 0.25) is 0 Å². The van der Waals surface area contributed by atoms with Gasteiger partial charge in [-0.1, -0.05) is 6.07 Å². The maximum Gasteiger partial charge on any atom is 0.405 e. The Kier molecular flexibility index (Phi) is 4.01. The minimum absolute atomic E-state index is 0.540. The number of anilines is 1. The molecular formula is C11H15IN2O2. The minimum atomic E-state index is -0.769. The number of hydrogen-bond donors (Lipinski definition) is 2. The summed E-state index contributed by atoms with van der Waals surface area (Å²) < 4.78 is 6.08. The zero-order chi connectivity index (χ0) is 12.3. The molecule has 0 spiro atoms. The summed E-state index contributed by atoms with van der Waals surface area (Å²) >= 11 is 2.19. The monoisotopic (exact) mass is 334 g/mol. The number of carbonyl (C=O) groups excluding carboxylic acids is 1. The average Bonchev–Trinajstić information content (AvgIpc) is 2.07. The molecule has 0 saturated heterocycles. The molecule has 16 heavy (non-hydrogen) atoms. The number of halogens is 1. The second-order valence-corrected chi connectivity index (χ2v) is 5.45. The maximum atomic E-state index is 10.7. The van der Waals surface area contributed by atoms with Crippen LogP contribution in [0.1, 0.15) is 19.4 Å². The predicted molar refractivity (Wildman–Crippen MR) is 72.0 cm³/mol. The summed E-state index contributed by atoms with van der Waals surface area (Å²) in [6.45, 7) is 3.60. The summed E-state index contributed by atoms with van der Waals surface area (Å²) in [6, 6.07) is 5.78. The molecule has 1 aromatic carbocycles. The topological polar surface area (TPSA) is 78.3 Å². The van der Waals surface area contributed by atoms with Crippen molar-refractivity contribution in [1.29, 1.82) is 0 Å². The third-order valence-corrected chi connectivity index (χ3v) is 2.77. The van der Waals surface area contributed by atoms with Crippen LogP contribution < -0.4 is 11.5 Å². The van der Waals surface area contributed by atoms with Gasteiger partial charge in [-0.05, 0) is 54.1 Å². The average molecular weight is 334 g/mol. The number of benzene rings is 1. The van der Waals surface area contributed by atoms with Crippen molar-refractivity contribution in [2.45, 2.75) is 25.9 Å². The molecule has 5 heteroatoms. The molecule has 0 unspecified atom stereocenters. The van der Waals surface area contributed by atoms with Gasteiger partial charge in [0.15, 0.2) is 0 Å². The van der Waals surface area contributed by atoms with Gasteiger partial charge >= 0.3 is 6.09 Å². The predicted octanol–water partition coefficient (Wildman–Crippen LogP) is 2.29. The summed E-state index contributed by atoms with van der Waals surface area (Å²) in [5.41, 5.74) is 11.9. The number of ether oxygens (including phenoxy) is 1. The van der Waals surface area contributed by atoms with Crippen LogP contribution in [0.25, 0.3) is 0 Å². The SMILES string of the molecule is CC(C)(Cc1ccc(I)cc1N)OC(N)=O. The lowest BCUT2D eigenvalue weighted by Gasteiger charge is -2.24. The van der Waals surface area contributed by atoms with Gasteiger partial charge in [0.25, 0.3) is 0 Å². The van der Waals surface area contributed by atoms with Crippen LogP contribution in [0, 0.1) is 3.57 Å². The number of primary amides is 1. The first kappa shape index (κ1) is 13.1. The molecule has 1 amide bonds. The van der Waals surface area contributed by atoms with Crippen LogP contribution in [0.4, 0.5) is 10.5 Å². The van der Waals surface area contributed by atoms with Crippen molar-refractivity contribution in [2.75, 3.05) is 5.73 Å². The quantitative estimate of drug-likeness (QED) is 0.658. The first-order valence-electron chi connectivity index (χ1n) is 4.82. The molecule has 88 valence electrons. The molecule has 0 aliphatic carbocycles. The zero-order valence-electron chi connectivity index (χ0n) is 9.29. The molecule has 4 N–H and O–H groups in total. The Balaban J connectivity index is 2.83. The molecule has 0 radical (unpaired) electrons. The standard InChI is InChI=1S/C11H15IN2O2/c1-11(2,16-10(14)15)6-7-3-4-8(12)5-9(7)13/h3-5H,6,13H2,1-2H3,(H2,14,15). The highest BCUT2D eigenvalue weighted by Gasteiger charge is 2.23. The fourth-order valence-electron chi connectivity index (χ4n) is 1.49. The van der Waals surface area contributed by atoms with Gasteiger partial charge in [-0.25, -0.2) is 4.79 Å². The zero-order valence-corrected chi connectivity index (χ0v) is 11.4. The molecule has 0 heterocycles. The Hall–Kier alpha value is -0.980. The van der Waals surface area contributed by atoms with E-state index in [2.05, 4.69) is 22.6 Å². The highest BCUT2D eigenvalue weighted by molar-refractivity contribution is 14.1. The van der Waals surface area contributed by atoms with Gasteiger partial charge in [0.05, 0.1) is 0 Å². The summed E-state index contributed by atoms with van der Waals surface area (Å²) in [4.78, 5) is 10.7. The Morgan fingerprint density at radius 3 is 2.62 bits per heavy atom. The van der Waals surface area contributed by atoms with Gasteiger partial charge in [0.2, 0.25) is 0 Å². The van der Waals surface area contributed by atoms with Crippen LogP contribution >= 0.6 is 22.6 Å². The van der Waals surface area contributed by atoms with E-state index in [0.29, 0.717) is 12.1 Å². The van der Waals surface area contributed by atoms with Gasteiger partial charge < -0.3 is 16.2 Å². The minimum Gasteiger partial charge on any atom is -0.443 e. The van der Waals surface area contributed by atoms with Crippen LogP contribution in [0.15, 0.2) is 18.2 Å². The summed E-state index contributed by atoms with van der Waals surface area (Å²) in [5.74, 6) is 0. The van der Waals surface area contributed by atoms with E-state index in [4.69, 9.17) is 16.2 Å². The number of hydrogen-bond acceptors (Lipinski definition) is 3. The fourth-order valence-corrected chi connectivity index (χ4v) is 2.01. The number of nitrogen functional groups attached to an aromatic ring is 1. The van der Waals surface area contributed by atoms with Crippen molar-refractivity contribution in [3.8, 4) is 0 Å². The van der Waals surface area contributed by atoms with Crippen molar-refractivity contribution in [2.24, 2.45) is 5.73 Å². The van der Waals surface area contributed by atoms with Crippen molar-refractivity contribution in [3.05, 3.63) is 27.3 Å². The second kappa shape index (κ2) is 4.90. The highest BCUT2D eigenvalue weighted by atomic mass is 127. The van der Waals surface area contributed by atoms with Gasteiger partial charge in [0.1, 0.15) is 5.60 Å². The van der Waals surface area contributed by atoms with Crippen LogP contribution in [0.5, 0.6) is 0 Å². The smallest absolute Gasteiger partial charge is 0.405 e. The molecule has 0 aliphatic rings. The van der Waals surface area contributed by atoms with Crippen molar-refractivity contribution < 1.29 is 9.53 Å². The summed E-state index contributed by atoms with van der Waals surface area (Å²) in [6.07, 6.45) is -0.229. The van der Waals surface area contributed by atoms with E-state index >= 15 is 0 Å². The molecule has 0 aromatic heterocycles. The van der Waals surface area contributed by atoms with Crippen molar-refractivity contribution >= 4 is 34.4 Å².